The van der Waals surface area contributed by atoms with Crippen molar-refractivity contribution >= 4 is 0 Å². The van der Waals surface area contributed by atoms with E-state index in [-0.39, 0.29) is 0 Å². The molecule has 0 aliphatic rings. The minimum Gasteiger partial charge on any atom is -0.354 e. The van der Waals surface area contributed by atoms with E-state index in [1.807, 2.05) is 27.7 Å². The van der Waals surface area contributed by atoms with E-state index in [1.54, 1.807) is 0 Å². The number of hydrogen-bond donors (Lipinski definition) is 0. The molecule has 90 valence electrons. The summed E-state index contributed by atoms with van der Waals surface area (Å²) in [6.07, 6.45) is 2.95. The van der Waals surface area contributed by atoms with E-state index in [0.717, 1.165) is 25.7 Å². The Hall–Kier alpha value is -0.520. The Labute approximate surface area is 101 Å². The van der Waals surface area contributed by atoms with Gasteiger partial charge in [0.15, 0.2) is 0 Å². The van der Waals surface area contributed by atoms with Gasteiger partial charge in [-0.05, 0) is 25.7 Å². The molecule has 0 unspecified atom stereocenters. The fraction of sp³-hybridized carbons (Fsp3) is 0.714. The molecule has 4 radical (unpaired) electrons. The molecule has 0 bridgehead atoms. The maximum absolute atomic E-state index is 5.31. The van der Waals surface area contributed by atoms with Crippen LogP contribution in [0.2, 0.25) is 0 Å². The fourth-order valence-corrected chi connectivity index (χ4v) is 1.47. The van der Waals surface area contributed by atoms with Crippen LogP contribution in [0, 0.1) is 26.1 Å². The number of ether oxygens (including phenoxy) is 2. The van der Waals surface area contributed by atoms with Crippen molar-refractivity contribution in [2.45, 2.75) is 64.6 Å². The quantitative estimate of drug-likeness (QED) is 0.641. The first-order valence-electron chi connectivity index (χ1n) is 5.87. The van der Waals surface area contributed by atoms with Gasteiger partial charge in [-0.1, -0.05) is 39.5 Å². The van der Waals surface area contributed by atoms with Crippen LogP contribution in [-0.2, 0) is 9.47 Å². The summed E-state index contributed by atoms with van der Waals surface area (Å²) in [4.78, 5) is 0. The van der Waals surface area contributed by atoms with Crippen molar-refractivity contribution in [2.75, 3.05) is 0 Å². The fourth-order valence-electron chi connectivity index (χ4n) is 1.47. The highest BCUT2D eigenvalue weighted by atomic mass is 16.5. The van der Waals surface area contributed by atoms with Gasteiger partial charge in [0.1, 0.15) is 25.4 Å². The Balaban J connectivity index is 5.03. The number of rotatable bonds is 6. The summed E-state index contributed by atoms with van der Waals surface area (Å²) in [6, 6.07) is 0. The molecule has 0 amide bonds. The van der Waals surface area contributed by atoms with Gasteiger partial charge < -0.3 is 9.47 Å². The van der Waals surface area contributed by atoms with Crippen LogP contribution < -0.4 is 0 Å². The lowest BCUT2D eigenvalue weighted by Gasteiger charge is -2.27. The van der Waals surface area contributed by atoms with Crippen LogP contribution in [0.4, 0.5) is 0 Å². The Bertz CT molecular complexity index is 199. The van der Waals surface area contributed by atoms with Crippen molar-refractivity contribution in [3.63, 3.8) is 0 Å². The van der Waals surface area contributed by atoms with Gasteiger partial charge >= 0.3 is 0 Å². The second kappa shape index (κ2) is 6.93. The van der Waals surface area contributed by atoms with E-state index in [1.165, 1.54) is 0 Å². The molecule has 0 aromatic heterocycles. The van der Waals surface area contributed by atoms with E-state index in [9.17, 15) is 0 Å². The lowest BCUT2D eigenvalue weighted by Crippen LogP contribution is -2.31. The SMILES string of the molecule is [CH]OC(C#CC(CC)(CC)O[CH])(CC)CC. The molecule has 0 aliphatic heterocycles. The molecule has 2 nitrogen and oxygen atoms in total. The zero-order valence-corrected chi connectivity index (χ0v) is 10.8. The lowest BCUT2D eigenvalue weighted by atomic mass is 9.93. The molecule has 0 rings (SSSR count). The maximum atomic E-state index is 5.31. The third-order valence-corrected chi connectivity index (χ3v) is 3.25. The molecule has 0 fully saturated rings. The van der Waals surface area contributed by atoms with Gasteiger partial charge in [0.05, 0.1) is 0 Å². The first-order valence-corrected chi connectivity index (χ1v) is 5.87. The summed E-state index contributed by atoms with van der Waals surface area (Å²) in [7, 11) is 10.6. The van der Waals surface area contributed by atoms with Crippen LogP contribution in [0.3, 0.4) is 0 Å². The van der Waals surface area contributed by atoms with Gasteiger partial charge in [-0.15, -0.1) is 0 Å². The van der Waals surface area contributed by atoms with Crippen molar-refractivity contribution in [1.82, 2.24) is 0 Å². The first kappa shape index (κ1) is 15.5. The van der Waals surface area contributed by atoms with Gasteiger partial charge in [-0.2, -0.15) is 0 Å². The van der Waals surface area contributed by atoms with Crippen molar-refractivity contribution in [3.05, 3.63) is 14.2 Å². The zero-order chi connectivity index (χ0) is 12.7. The second-order valence-corrected chi connectivity index (χ2v) is 3.89. The van der Waals surface area contributed by atoms with Gasteiger partial charge in [0.2, 0.25) is 0 Å². The molecule has 0 saturated carbocycles. The van der Waals surface area contributed by atoms with Crippen molar-refractivity contribution in [1.29, 1.82) is 0 Å². The van der Waals surface area contributed by atoms with Gasteiger partial charge in [0.25, 0.3) is 0 Å². The topological polar surface area (TPSA) is 18.5 Å². The highest BCUT2D eigenvalue weighted by molar-refractivity contribution is 5.22. The Morgan fingerprint density at radius 3 is 1.12 bits per heavy atom. The third-order valence-electron chi connectivity index (χ3n) is 3.25. The molecular formula is C14H22O2. The monoisotopic (exact) mass is 222 g/mol. The summed E-state index contributed by atoms with van der Waals surface area (Å²) >= 11 is 0. The predicted octanol–water partition coefficient (Wildman–Crippen LogP) is 3.48. The summed E-state index contributed by atoms with van der Waals surface area (Å²) in [5.41, 5.74) is -1.18. The van der Waals surface area contributed by atoms with Gasteiger partial charge in [0, 0.05) is 0 Å². The molecule has 0 aromatic rings. The molecule has 0 spiro atoms. The van der Waals surface area contributed by atoms with E-state index in [2.05, 4.69) is 11.8 Å². The lowest BCUT2D eigenvalue weighted by molar-refractivity contribution is 0.0538. The number of hydrogen-bond acceptors (Lipinski definition) is 2. The van der Waals surface area contributed by atoms with Crippen molar-refractivity contribution in [3.8, 4) is 11.8 Å². The molecular weight excluding hydrogens is 200 g/mol. The van der Waals surface area contributed by atoms with Gasteiger partial charge in [-0.3, -0.25) is 0 Å². The first-order chi connectivity index (χ1) is 7.57. The van der Waals surface area contributed by atoms with Crippen molar-refractivity contribution in [2.24, 2.45) is 0 Å². The van der Waals surface area contributed by atoms with Crippen LogP contribution in [0.15, 0.2) is 0 Å². The minimum absolute atomic E-state index is 0.589. The predicted molar refractivity (Wildman–Crippen MR) is 65.2 cm³/mol. The maximum Gasteiger partial charge on any atom is 0.128 e. The minimum atomic E-state index is -0.589. The largest absolute Gasteiger partial charge is 0.354 e. The Kier molecular flexibility index (Phi) is 6.71. The summed E-state index contributed by atoms with van der Waals surface area (Å²) in [5.74, 6) is 6.15. The van der Waals surface area contributed by atoms with Gasteiger partial charge in [-0.25, -0.2) is 0 Å². The zero-order valence-electron chi connectivity index (χ0n) is 10.8. The molecule has 0 heterocycles. The molecule has 16 heavy (non-hydrogen) atoms. The molecule has 0 aliphatic carbocycles. The van der Waals surface area contributed by atoms with Crippen LogP contribution in [0.5, 0.6) is 0 Å². The Morgan fingerprint density at radius 2 is 1.00 bits per heavy atom. The van der Waals surface area contributed by atoms with Crippen molar-refractivity contribution < 1.29 is 9.47 Å². The summed E-state index contributed by atoms with van der Waals surface area (Å²) in [5, 5.41) is 0. The average Bonchev–Trinajstić information content (AvgIpc) is 2.37. The van der Waals surface area contributed by atoms with Crippen LogP contribution >= 0.6 is 0 Å². The van der Waals surface area contributed by atoms with E-state index >= 15 is 0 Å². The molecule has 2 heteroatoms. The van der Waals surface area contributed by atoms with Crippen LogP contribution in [0.25, 0.3) is 0 Å². The van der Waals surface area contributed by atoms with Crippen LogP contribution in [0.1, 0.15) is 53.4 Å². The smallest absolute Gasteiger partial charge is 0.128 e. The normalized spacial score (nSPS) is 12.1. The van der Waals surface area contributed by atoms with E-state index < -0.39 is 11.2 Å². The highest BCUT2D eigenvalue weighted by Gasteiger charge is 2.27. The second-order valence-electron chi connectivity index (χ2n) is 3.89. The molecule has 0 N–H and O–H groups in total. The molecule has 0 atom stereocenters. The average molecular weight is 222 g/mol. The highest BCUT2D eigenvalue weighted by Crippen LogP contribution is 2.23. The Morgan fingerprint density at radius 1 is 0.750 bits per heavy atom. The third kappa shape index (κ3) is 3.50. The van der Waals surface area contributed by atoms with Crippen LogP contribution in [-0.4, -0.2) is 11.2 Å². The summed E-state index contributed by atoms with van der Waals surface area (Å²) in [6.45, 7) is 7.98. The van der Waals surface area contributed by atoms with E-state index in [0.29, 0.717) is 0 Å². The van der Waals surface area contributed by atoms with E-state index in [4.69, 9.17) is 23.7 Å². The molecule has 0 aromatic carbocycles. The summed E-state index contributed by atoms with van der Waals surface area (Å²) < 4.78 is 9.99. The standard InChI is InChI=1S/C14H22O2/c1-7-13(8-2,15-5)11-12-14(9-3,10-4)16-6/h5-6H,7-10H2,1-4H3. The molecule has 0 saturated heterocycles.